The van der Waals surface area contributed by atoms with Crippen LogP contribution in [0.4, 0.5) is 14.5 Å². The summed E-state index contributed by atoms with van der Waals surface area (Å²) in [6, 6.07) is 4.34. The molecule has 4 amide bonds. The van der Waals surface area contributed by atoms with Gasteiger partial charge in [0.25, 0.3) is 18.2 Å². The Morgan fingerprint density at radius 1 is 1.00 bits per heavy atom. The molecular weight excluding hydrogens is 614 g/mol. The molecule has 47 heavy (non-hydrogen) atoms. The predicted molar refractivity (Wildman–Crippen MR) is 166 cm³/mol. The Morgan fingerprint density at radius 3 is 2.43 bits per heavy atom. The van der Waals surface area contributed by atoms with E-state index in [1.807, 2.05) is 0 Å². The van der Waals surface area contributed by atoms with Gasteiger partial charge in [-0.05, 0) is 69.9 Å². The number of alkyl halides is 2. The summed E-state index contributed by atoms with van der Waals surface area (Å²) in [4.78, 5) is 53.6. The summed E-state index contributed by atoms with van der Waals surface area (Å²) in [6.45, 7) is 4.98. The number of aromatic nitrogens is 2. The number of ether oxygens (including phenoxy) is 2. The fourth-order valence-electron chi connectivity index (χ4n) is 7.47. The highest BCUT2D eigenvalue weighted by Gasteiger charge is 2.46. The highest BCUT2D eigenvalue weighted by Crippen LogP contribution is 2.37. The number of hydrogen-bond donors (Lipinski definition) is 2. The van der Waals surface area contributed by atoms with E-state index >= 15 is 0 Å². The third-order valence-corrected chi connectivity index (χ3v) is 10.2. The van der Waals surface area contributed by atoms with E-state index in [1.54, 1.807) is 29.1 Å². The van der Waals surface area contributed by atoms with E-state index in [1.165, 1.54) is 0 Å². The minimum absolute atomic E-state index is 0.0572. The topological polar surface area (TPSA) is 149 Å². The van der Waals surface area contributed by atoms with Crippen LogP contribution in [-0.4, -0.2) is 87.7 Å². The lowest BCUT2D eigenvalue weighted by Gasteiger charge is -2.41. The van der Waals surface area contributed by atoms with Gasteiger partial charge in [-0.3, -0.25) is 34.1 Å². The average molecular weight is 657 g/mol. The van der Waals surface area contributed by atoms with Crippen LogP contribution >= 0.6 is 0 Å². The molecule has 3 N–H and O–H groups in total. The molecule has 1 aromatic carbocycles. The van der Waals surface area contributed by atoms with Crippen molar-refractivity contribution in [2.75, 3.05) is 32.0 Å². The Balaban J connectivity index is 0.907. The van der Waals surface area contributed by atoms with Crippen molar-refractivity contribution >= 4 is 29.3 Å². The molecule has 14 heteroatoms. The maximum atomic E-state index is 13.2. The van der Waals surface area contributed by atoms with Gasteiger partial charge < -0.3 is 20.1 Å². The van der Waals surface area contributed by atoms with Crippen molar-refractivity contribution in [1.29, 1.82) is 0 Å². The second-order valence-electron chi connectivity index (χ2n) is 13.0. The molecular formula is C33H42F2N6O6. The maximum absolute atomic E-state index is 13.2. The number of nitrogen functional groups attached to an aromatic ring is 1. The number of nitrogens with one attached hydrogen (secondary N) is 1. The molecule has 4 aliphatic rings. The van der Waals surface area contributed by atoms with Crippen molar-refractivity contribution in [2.45, 2.75) is 95.4 Å². The lowest BCUT2D eigenvalue weighted by atomic mass is 9.81. The first-order chi connectivity index (χ1) is 22.6. The van der Waals surface area contributed by atoms with Crippen LogP contribution in [0.2, 0.25) is 0 Å². The third kappa shape index (κ3) is 6.89. The van der Waals surface area contributed by atoms with E-state index in [0.29, 0.717) is 37.3 Å². The van der Waals surface area contributed by atoms with Crippen LogP contribution in [0.3, 0.4) is 0 Å². The van der Waals surface area contributed by atoms with Gasteiger partial charge in [0, 0.05) is 38.2 Å². The van der Waals surface area contributed by atoms with Gasteiger partial charge in [0.05, 0.1) is 42.2 Å². The zero-order valence-electron chi connectivity index (χ0n) is 26.5. The van der Waals surface area contributed by atoms with Crippen molar-refractivity contribution in [1.82, 2.24) is 24.9 Å². The number of piperidine rings is 2. The van der Waals surface area contributed by atoms with E-state index in [2.05, 4.69) is 22.2 Å². The van der Waals surface area contributed by atoms with Gasteiger partial charge in [-0.25, -0.2) is 8.78 Å². The number of amides is 4. The summed E-state index contributed by atoms with van der Waals surface area (Å²) in [6.07, 6.45) is 5.50. The number of nitrogens with two attached hydrogens (primary N) is 1. The number of likely N-dealkylation sites (tertiary alicyclic amines) is 1. The van der Waals surface area contributed by atoms with E-state index in [4.69, 9.17) is 15.2 Å². The Morgan fingerprint density at radius 2 is 1.74 bits per heavy atom. The number of rotatable bonds is 11. The number of halogens is 2. The number of imide groups is 2. The fourth-order valence-corrected chi connectivity index (χ4v) is 7.47. The SMILES string of the molecule is C[C@H](C1CCC(n2cc(N)c(C(F)F)n2)CC1)N1CCC(OCCCOc2cccc3c2C(=O)N(C2CCC(=O)NC2=O)C3=O)CC1. The Labute approximate surface area is 271 Å². The number of hydrogen-bond acceptors (Lipinski definition) is 9. The molecule has 1 saturated carbocycles. The van der Waals surface area contributed by atoms with Crippen molar-refractivity contribution in [2.24, 2.45) is 5.92 Å². The van der Waals surface area contributed by atoms with Crippen molar-refractivity contribution < 1.29 is 37.4 Å². The van der Waals surface area contributed by atoms with E-state index in [9.17, 15) is 28.0 Å². The van der Waals surface area contributed by atoms with Crippen molar-refractivity contribution in [3.63, 3.8) is 0 Å². The molecule has 3 fully saturated rings. The molecule has 2 atom stereocenters. The van der Waals surface area contributed by atoms with Gasteiger partial charge >= 0.3 is 0 Å². The quantitative estimate of drug-likeness (QED) is 0.272. The van der Waals surface area contributed by atoms with Gasteiger partial charge in [-0.15, -0.1) is 0 Å². The molecule has 2 aromatic rings. The summed E-state index contributed by atoms with van der Waals surface area (Å²) in [5, 5.41) is 6.26. The highest BCUT2D eigenvalue weighted by atomic mass is 19.3. The molecule has 254 valence electrons. The van der Waals surface area contributed by atoms with Gasteiger partial charge in [0.2, 0.25) is 11.8 Å². The van der Waals surface area contributed by atoms with Gasteiger partial charge in [-0.2, -0.15) is 5.10 Å². The van der Waals surface area contributed by atoms with E-state index in [0.717, 1.165) is 56.5 Å². The highest BCUT2D eigenvalue weighted by molar-refractivity contribution is 6.24. The van der Waals surface area contributed by atoms with Crippen LogP contribution in [-0.2, 0) is 14.3 Å². The fraction of sp³-hybridized carbons (Fsp3) is 0.606. The molecule has 2 saturated heterocycles. The number of anilines is 1. The number of carbonyl (C=O) groups excluding carboxylic acids is 4. The minimum atomic E-state index is -2.66. The summed E-state index contributed by atoms with van der Waals surface area (Å²) in [7, 11) is 0. The molecule has 4 heterocycles. The second-order valence-corrected chi connectivity index (χ2v) is 13.0. The number of fused-ring (bicyclic) bond motifs is 1. The molecule has 1 aliphatic carbocycles. The normalized spacial score (nSPS) is 24.9. The van der Waals surface area contributed by atoms with Crippen molar-refractivity contribution in [3.05, 3.63) is 41.2 Å². The first-order valence-corrected chi connectivity index (χ1v) is 16.6. The standard InChI is InChI=1S/C33H42F2N6O6/c1-19(20-6-8-21(9-7-20)40-18-24(36)29(38-40)30(34)35)39-14-12-22(13-15-39)46-16-3-17-47-26-5-2-4-23-28(26)33(45)41(32(23)44)25-10-11-27(42)37-31(25)43/h2,4-5,18-22,25,30H,3,6-17,36H2,1H3,(H,37,42,43)/t19-,20?,21?,25?/m1/s1. The third-order valence-electron chi connectivity index (χ3n) is 10.2. The Bertz CT molecular complexity index is 1500. The second kappa shape index (κ2) is 14.1. The molecule has 0 spiro atoms. The lowest BCUT2D eigenvalue weighted by molar-refractivity contribution is -0.136. The molecule has 1 aromatic heterocycles. The lowest BCUT2D eigenvalue weighted by Crippen LogP contribution is -2.54. The van der Waals surface area contributed by atoms with Crippen LogP contribution in [0, 0.1) is 5.92 Å². The number of carbonyl (C=O) groups is 4. The average Bonchev–Trinajstić information content (AvgIpc) is 3.58. The Kier molecular flexibility index (Phi) is 9.88. The predicted octanol–water partition coefficient (Wildman–Crippen LogP) is 3.87. The van der Waals surface area contributed by atoms with E-state index < -0.39 is 36.1 Å². The van der Waals surface area contributed by atoms with Crippen LogP contribution in [0.5, 0.6) is 5.75 Å². The van der Waals surface area contributed by atoms with E-state index in [-0.39, 0.29) is 47.5 Å². The molecule has 0 radical (unpaired) electrons. The van der Waals surface area contributed by atoms with Gasteiger partial charge in [0.1, 0.15) is 11.8 Å². The summed E-state index contributed by atoms with van der Waals surface area (Å²) in [5.41, 5.74) is 5.80. The van der Waals surface area contributed by atoms with Crippen LogP contribution in [0.15, 0.2) is 24.4 Å². The first kappa shape index (κ1) is 33.0. The number of benzene rings is 1. The van der Waals surface area contributed by atoms with Crippen LogP contribution in [0.1, 0.15) is 104 Å². The first-order valence-electron chi connectivity index (χ1n) is 16.6. The Hall–Kier alpha value is -3.91. The monoisotopic (exact) mass is 656 g/mol. The molecule has 1 unspecified atom stereocenters. The maximum Gasteiger partial charge on any atom is 0.284 e. The smallest absolute Gasteiger partial charge is 0.284 e. The summed E-state index contributed by atoms with van der Waals surface area (Å²) < 4.78 is 39.9. The van der Waals surface area contributed by atoms with Crippen LogP contribution < -0.4 is 15.8 Å². The van der Waals surface area contributed by atoms with Gasteiger partial charge in [-0.1, -0.05) is 6.07 Å². The molecule has 12 nitrogen and oxygen atoms in total. The zero-order chi connectivity index (χ0) is 33.2. The van der Waals surface area contributed by atoms with Crippen molar-refractivity contribution in [3.8, 4) is 5.75 Å². The van der Waals surface area contributed by atoms with Gasteiger partial charge in [0.15, 0.2) is 5.69 Å². The molecule has 3 aliphatic heterocycles. The summed E-state index contributed by atoms with van der Waals surface area (Å²) >= 11 is 0. The minimum Gasteiger partial charge on any atom is -0.493 e. The largest absolute Gasteiger partial charge is 0.493 e. The molecule has 6 rings (SSSR count). The summed E-state index contributed by atoms with van der Waals surface area (Å²) in [5.74, 6) is -1.39. The van der Waals surface area contributed by atoms with Crippen LogP contribution in [0.25, 0.3) is 0 Å². The zero-order valence-corrected chi connectivity index (χ0v) is 26.5. The molecule has 0 bridgehead atoms. The number of nitrogens with zero attached hydrogens (tertiary/aromatic N) is 4.